The van der Waals surface area contributed by atoms with Crippen LogP contribution in [-0.4, -0.2) is 18.3 Å². The van der Waals surface area contributed by atoms with Crippen molar-refractivity contribution in [2.75, 3.05) is 13.2 Å². The molecule has 0 fully saturated rings. The Balaban J connectivity index is 2.33. The van der Waals surface area contributed by atoms with Crippen LogP contribution in [0.1, 0.15) is 24.8 Å². The second-order valence-electron chi connectivity index (χ2n) is 3.57. The van der Waals surface area contributed by atoms with Crippen molar-refractivity contribution in [3.8, 4) is 5.75 Å². The molecule has 0 radical (unpaired) electrons. The number of aliphatic hydroxyl groups excluding tert-OH is 1. The van der Waals surface area contributed by atoms with E-state index in [-0.39, 0.29) is 6.61 Å². The second-order valence-corrected chi connectivity index (χ2v) is 3.97. The van der Waals surface area contributed by atoms with E-state index < -0.39 is 0 Å². The van der Waals surface area contributed by atoms with Gasteiger partial charge in [0.2, 0.25) is 0 Å². The van der Waals surface area contributed by atoms with Crippen LogP contribution in [-0.2, 0) is 0 Å². The van der Waals surface area contributed by atoms with Gasteiger partial charge in [0.25, 0.3) is 0 Å². The van der Waals surface area contributed by atoms with Gasteiger partial charge >= 0.3 is 0 Å². The molecule has 0 amide bonds. The maximum atomic E-state index is 8.60. The second kappa shape index (κ2) is 6.70. The number of aryl methyl sites for hydroxylation is 1. The lowest BCUT2D eigenvalue weighted by molar-refractivity contribution is 0.266. The molecule has 0 heterocycles. The fourth-order valence-electron chi connectivity index (χ4n) is 1.29. The average Bonchev–Trinajstić information content (AvgIpc) is 2.23. The zero-order chi connectivity index (χ0) is 11.1. The smallest absolute Gasteiger partial charge is 0.138 e. The fourth-order valence-corrected chi connectivity index (χ4v) is 1.47. The van der Waals surface area contributed by atoms with Crippen LogP contribution in [0.4, 0.5) is 0 Å². The van der Waals surface area contributed by atoms with E-state index in [1.807, 2.05) is 25.1 Å². The molecule has 2 nitrogen and oxygen atoms in total. The van der Waals surface area contributed by atoms with Crippen molar-refractivity contribution in [2.45, 2.75) is 26.2 Å². The van der Waals surface area contributed by atoms with Crippen molar-refractivity contribution in [1.82, 2.24) is 0 Å². The molecule has 1 rings (SSSR count). The highest BCUT2D eigenvalue weighted by Gasteiger charge is 2.00. The van der Waals surface area contributed by atoms with Gasteiger partial charge in [0.15, 0.2) is 0 Å². The highest BCUT2D eigenvalue weighted by Crippen LogP contribution is 2.25. The van der Waals surface area contributed by atoms with Gasteiger partial charge in [0.1, 0.15) is 5.75 Å². The third-order valence-electron chi connectivity index (χ3n) is 2.15. The Labute approximate surface area is 95.8 Å². The predicted octanol–water partition coefficient (Wildman–Crippen LogP) is 3.19. The number of aliphatic hydroxyl groups is 1. The van der Waals surface area contributed by atoms with Crippen molar-refractivity contribution >= 4 is 11.6 Å². The van der Waals surface area contributed by atoms with Crippen LogP contribution >= 0.6 is 11.6 Å². The molecule has 0 spiro atoms. The summed E-state index contributed by atoms with van der Waals surface area (Å²) in [6.07, 6.45) is 2.77. The summed E-state index contributed by atoms with van der Waals surface area (Å²) in [6, 6.07) is 5.75. The lowest BCUT2D eigenvalue weighted by atomic mass is 10.2. The molecule has 1 aromatic rings. The van der Waals surface area contributed by atoms with E-state index in [9.17, 15) is 0 Å². The highest BCUT2D eigenvalue weighted by molar-refractivity contribution is 6.32. The first-order valence-electron chi connectivity index (χ1n) is 5.24. The Morgan fingerprint density at radius 3 is 2.80 bits per heavy atom. The first-order chi connectivity index (χ1) is 7.24. The van der Waals surface area contributed by atoms with Gasteiger partial charge in [-0.15, -0.1) is 0 Å². The zero-order valence-electron chi connectivity index (χ0n) is 9.00. The fraction of sp³-hybridized carbons (Fsp3) is 0.500. The molecule has 3 heteroatoms. The van der Waals surface area contributed by atoms with Gasteiger partial charge in [-0.2, -0.15) is 0 Å². The summed E-state index contributed by atoms with van der Waals surface area (Å²) >= 11 is 5.97. The van der Waals surface area contributed by atoms with E-state index in [2.05, 4.69) is 0 Å². The molecule has 0 aliphatic carbocycles. The minimum Gasteiger partial charge on any atom is -0.492 e. The normalized spacial score (nSPS) is 10.3. The quantitative estimate of drug-likeness (QED) is 0.758. The van der Waals surface area contributed by atoms with Gasteiger partial charge in [-0.25, -0.2) is 0 Å². The molecular formula is C12H17ClO2. The topological polar surface area (TPSA) is 29.5 Å². The first kappa shape index (κ1) is 12.3. The zero-order valence-corrected chi connectivity index (χ0v) is 9.76. The lowest BCUT2D eigenvalue weighted by Crippen LogP contribution is -1.98. The Morgan fingerprint density at radius 2 is 2.07 bits per heavy atom. The Morgan fingerprint density at radius 1 is 1.27 bits per heavy atom. The van der Waals surface area contributed by atoms with Crippen LogP contribution in [0.2, 0.25) is 5.02 Å². The monoisotopic (exact) mass is 228 g/mol. The summed E-state index contributed by atoms with van der Waals surface area (Å²) in [5, 5.41) is 9.26. The number of unbranched alkanes of at least 4 members (excludes halogenated alkanes) is 2. The van der Waals surface area contributed by atoms with Crippen molar-refractivity contribution in [2.24, 2.45) is 0 Å². The number of hydrogen-bond acceptors (Lipinski definition) is 2. The molecule has 15 heavy (non-hydrogen) atoms. The Hall–Kier alpha value is -0.730. The third-order valence-corrected chi connectivity index (χ3v) is 2.46. The van der Waals surface area contributed by atoms with Gasteiger partial charge in [0.05, 0.1) is 11.6 Å². The molecule has 0 saturated carbocycles. The number of ether oxygens (including phenoxy) is 1. The summed E-state index contributed by atoms with van der Waals surface area (Å²) in [5.41, 5.74) is 1.14. The highest BCUT2D eigenvalue weighted by atomic mass is 35.5. The van der Waals surface area contributed by atoms with E-state index in [1.54, 1.807) is 0 Å². The van der Waals surface area contributed by atoms with E-state index in [0.29, 0.717) is 11.6 Å². The van der Waals surface area contributed by atoms with Crippen molar-refractivity contribution < 1.29 is 9.84 Å². The van der Waals surface area contributed by atoms with Crippen LogP contribution in [0, 0.1) is 6.92 Å². The Kier molecular flexibility index (Phi) is 5.51. The molecule has 0 saturated heterocycles. The SMILES string of the molecule is Cc1ccc(Cl)c(OCCCCCO)c1. The van der Waals surface area contributed by atoms with Gasteiger partial charge in [-0.1, -0.05) is 17.7 Å². The number of benzene rings is 1. The van der Waals surface area contributed by atoms with Crippen LogP contribution in [0.3, 0.4) is 0 Å². The predicted molar refractivity (Wildman–Crippen MR) is 62.6 cm³/mol. The van der Waals surface area contributed by atoms with Gasteiger partial charge in [-0.3, -0.25) is 0 Å². The molecule has 1 N–H and O–H groups in total. The van der Waals surface area contributed by atoms with Crippen LogP contribution in [0.15, 0.2) is 18.2 Å². The maximum Gasteiger partial charge on any atom is 0.138 e. The summed E-state index contributed by atoms with van der Waals surface area (Å²) in [6.45, 7) is 2.92. The third kappa shape index (κ3) is 4.54. The number of rotatable bonds is 6. The molecule has 0 aliphatic rings. The van der Waals surface area contributed by atoms with E-state index in [0.717, 1.165) is 30.6 Å². The molecule has 0 atom stereocenters. The molecule has 84 valence electrons. The van der Waals surface area contributed by atoms with Crippen LogP contribution in [0.25, 0.3) is 0 Å². The lowest BCUT2D eigenvalue weighted by Gasteiger charge is -2.08. The van der Waals surface area contributed by atoms with E-state index in [1.165, 1.54) is 0 Å². The summed E-state index contributed by atoms with van der Waals surface area (Å²) in [5.74, 6) is 0.751. The van der Waals surface area contributed by atoms with Crippen LogP contribution in [0.5, 0.6) is 5.75 Å². The van der Waals surface area contributed by atoms with Crippen molar-refractivity contribution in [1.29, 1.82) is 0 Å². The van der Waals surface area contributed by atoms with Gasteiger partial charge in [-0.05, 0) is 43.9 Å². The first-order valence-corrected chi connectivity index (χ1v) is 5.61. The van der Waals surface area contributed by atoms with Crippen LogP contribution < -0.4 is 4.74 Å². The van der Waals surface area contributed by atoms with Gasteiger partial charge in [0, 0.05) is 6.61 Å². The summed E-state index contributed by atoms with van der Waals surface area (Å²) < 4.78 is 5.55. The van der Waals surface area contributed by atoms with Crippen molar-refractivity contribution in [3.63, 3.8) is 0 Å². The minimum atomic E-state index is 0.255. The van der Waals surface area contributed by atoms with E-state index >= 15 is 0 Å². The molecule has 0 unspecified atom stereocenters. The standard InChI is InChI=1S/C12H17ClO2/c1-10-5-6-11(13)12(9-10)15-8-4-2-3-7-14/h5-6,9,14H,2-4,7-8H2,1H3. The molecular weight excluding hydrogens is 212 g/mol. The van der Waals surface area contributed by atoms with E-state index in [4.69, 9.17) is 21.4 Å². The maximum absolute atomic E-state index is 8.60. The molecule has 1 aromatic carbocycles. The molecule has 0 bridgehead atoms. The average molecular weight is 229 g/mol. The number of halogens is 1. The number of hydrogen-bond donors (Lipinski definition) is 1. The summed E-state index contributed by atoms with van der Waals surface area (Å²) in [4.78, 5) is 0. The Bertz CT molecular complexity index is 300. The van der Waals surface area contributed by atoms with Crippen molar-refractivity contribution in [3.05, 3.63) is 28.8 Å². The molecule has 0 aliphatic heterocycles. The van der Waals surface area contributed by atoms with Gasteiger partial charge < -0.3 is 9.84 Å². The minimum absolute atomic E-state index is 0.255. The largest absolute Gasteiger partial charge is 0.492 e. The summed E-state index contributed by atoms with van der Waals surface area (Å²) in [7, 11) is 0. The molecule has 0 aromatic heterocycles.